The first kappa shape index (κ1) is 13.9. The number of hydrogen-bond donors (Lipinski definition) is 2. The molecule has 0 saturated heterocycles. The molecule has 0 radical (unpaired) electrons. The third kappa shape index (κ3) is 3.28. The zero-order valence-electron chi connectivity index (χ0n) is 10.3. The van der Waals surface area contributed by atoms with Gasteiger partial charge in [0.1, 0.15) is 15.7 Å². The van der Waals surface area contributed by atoms with Crippen molar-refractivity contribution >= 4 is 27.2 Å². The molecular weight excluding hydrogens is 284 g/mol. The van der Waals surface area contributed by atoms with Crippen molar-refractivity contribution in [2.75, 3.05) is 5.73 Å². The molecule has 1 unspecified atom stereocenters. The lowest BCUT2D eigenvalue weighted by atomic mass is 10.3. The second-order valence-corrected chi connectivity index (χ2v) is 6.51. The lowest BCUT2D eigenvalue weighted by Gasteiger charge is -2.14. The van der Waals surface area contributed by atoms with Crippen molar-refractivity contribution in [3.8, 4) is 0 Å². The van der Waals surface area contributed by atoms with E-state index in [0.717, 1.165) is 5.01 Å². The molecule has 2 aromatic rings. The van der Waals surface area contributed by atoms with Crippen LogP contribution in [0.3, 0.4) is 0 Å². The summed E-state index contributed by atoms with van der Waals surface area (Å²) in [6.07, 6.45) is 3.52. The first-order valence-corrected chi connectivity index (χ1v) is 8.02. The highest BCUT2D eigenvalue weighted by Gasteiger charge is 2.21. The van der Waals surface area contributed by atoms with Crippen LogP contribution in [0.5, 0.6) is 0 Å². The maximum atomic E-state index is 12.2. The summed E-state index contributed by atoms with van der Waals surface area (Å²) in [4.78, 5) is 8.02. The van der Waals surface area contributed by atoms with E-state index in [-0.39, 0.29) is 16.8 Å². The van der Waals surface area contributed by atoms with E-state index in [9.17, 15) is 8.42 Å². The number of hydrogen-bond acceptors (Lipinski definition) is 6. The molecular formula is C11H14N4O2S2. The van der Waals surface area contributed by atoms with Crippen molar-refractivity contribution in [3.63, 3.8) is 0 Å². The number of sulfonamides is 1. The molecule has 102 valence electrons. The normalized spacial score (nSPS) is 13.3. The zero-order chi connectivity index (χ0) is 13.9. The predicted octanol–water partition coefficient (Wildman–Crippen LogP) is 1.55. The van der Waals surface area contributed by atoms with Gasteiger partial charge in [-0.25, -0.2) is 23.1 Å². The van der Waals surface area contributed by atoms with Crippen LogP contribution >= 0.6 is 11.3 Å². The number of pyridine rings is 1. The average molecular weight is 298 g/mol. The van der Waals surface area contributed by atoms with Crippen LogP contribution in [-0.4, -0.2) is 18.4 Å². The minimum atomic E-state index is -3.62. The molecule has 0 spiro atoms. The van der Waals surface area contributed by atoms with Crippen molar-refractivity contribution in [1.29, 1.82) is 0 Å². The highest BCUT2D eigenvalue weighted by atomic mass is 32.2. The molecule has 19 heavy (non-hydrogen) atoms. The van der Waals surface area contributed by atoms with Gasteiger partial charge in [0, 0.05) is 17.8 Å². The van der Waals surface area contributed by atoms with E-state index in [4.69, 9.17) is 5.73 Å². The van der Waals surface area contributed by atoms with Crippen LogP contribution in [0.4, 0.5) is 5.82 Å². The van der Waals surface area contributed by atoms with Gasteiger partial charge in [0.25, 0.3) is 0 Å². The zero-order valence-corrected chi connectivity index (χ0v) is 11.9. The largest absolute Gasteiger partial charge is 0.384 e. The SMILES string of the molecule is CCC(NS(=O)(=O)c1ccc(N)nc1)c1nccs1. The fourth-order valence-corrected chi connectivity index (χ4v) is 3.60. The summed E-state index contributed by atoms with van der Waals surface area (Å²) in [6, 6.07) is 2.56. The van der Waals surface area contributed by atoms with Gasteiger partial charge in [-0.05, 0) is 18.6 Å². The quantitative estimate of drug-likeness (QED) is 0.872. The summed E-state index contributed by atoms with van der Waals surface area (Å²) in [7, 11) is -3.62. The number of anilines is 1. The van der Waals surface area contributed by atoms with E-state index >= 15 is 0 Å². The third-order valence-electron chi connectivity index (χ3n) is 2.52. The van der Waals surface area contributed by atoms with Crippen molar-refractivity contribution in [3.05, 3.63) is 34.9 Å². The number of aromatic nitrogens is 2. The molecule has 0 amide bonds. The molecule has 3 N–H and O–H groups in total. The molecule has 0 bridgehead atoms. The molecule has 0 fully saturated rings. The van der Waals surface area contributed by atoms with Crippen molar-refractivity contribution in [1.82, 2.24) is 14.7 Å². The third-order valence-corrected chi connectivity index (χ3v) is 4.87. The van der Waals surface area contributed by atoms with Gasteiger partial charge in [0.05, 0.1) is 6.04 Å². The van der Waals surface area contributed by atoms with Crippen LogP contribution in [-0.2, 0) is 10.0 Å². The van der Waals surface area contributed by atoms with Crippen LogP contribution < -0.4 is 10.5 Å². The number of nitrogen functional groups attached to an aromatic ring is 1. The van der Waals surface area contributed by atoms with Crippen molar-refractivity contribution in [2.24, 2.45) is 0 Å². The molecule has 1 atom stereocenters. The Bertz CT molecular complexity index is 623. The van der Waals surface area contributed by atoms with E-state index in [1.165, 1.54) is 29.7 Å². The van der Waals surface area contributed by atoms with E-state index in [1.54, 1.807) is 6.20 Å². The number of thiazole rings is 1. The summed E-state index contributed by atoms with van der Waals surface area (Å²) < 4.78 is 27.0. The number of nitrogens with two attached hydrogens (primary N) is 1. The first-order valence-electron chi connectivity index (χ1n) is 5.66. The summed E-state index contributed by atoms with van der Waals surface area (Å²) in [5, 5.41) is 2.56. The van der Waals surface area contributed by atoms with Gasteiger partial charge in [-0.3, -0.25) is 0 Å². The average Bonchev–Trinajstić information content (AvgIpc) is 2.90. The van der Waals surface area contributed by atoms with Gasteiger partial charge in [-0.1, -0.05) is 6.92 Å². The minimum Gasteiger partial charge on any atom is -0.384 e. The fraction of sp³-hybridized carbons (Fsp3) is 0.273. The van der Waals surface area contributed by atoms with Gasteiger partial charge in [0.2, 0.25) is 10.0 Å². The highest BCUT2D eigenvalue weighted by Crippen LogP contribution is 2.21. The maximum absolute atomic E-state index is 12.2. The number of nitrogens with zero attached hydrogens (tertiary/aromatic N) is 2. The van der Waals surface area contributed by atoms with Gasteiger partial charge in [-0.15, -0.1) is 11.3 Å². The Morgan fingerprint density at radius 3 is 2.74 bits per heavy atom. The molecule has 2 rings (SSSR count). The molecule has 0 aliphatic rings. The Balaban J connectivity index is 2.23. The highest BCUT2D eigenvalue weighted by molar-refractivity contribution is 7.89. The van der Waals surface area contributed by atoms with Gasteiger partial charge in [0.15, 0.2) is 0 Å². The number of rotatable bonds is 5. The number of nitrogens with one attached hydrogen (secondary N) is 1. The second-order valence-electron chi connectivity index (χ2n) is 3.87. The summed E-state index contributed by atoms with van der Waals surface area (Å²) in [5.41, 5.74) is 5.44. The van der Waals surface area contributed by atoms with Crippen molar-refractivity contribution < 1.29 is 8.42 Å². The molecule has 8 heteroatoms. The molecule has 0 aliphatic heterocycles. The van der Waals surface area contributed by atoms with Crippen LogP contribution in [0.1, 0.15) is 24.4 Å². The van der Waals surface area contributed by atoms with Crippen LogP contribution in [0.15, 0.2) is 34.8 Å². The van der Waals surface area contributed by atoms with Gasteiger partial charge < -0.3 is 5.73 Å². The fourth-order valence-electron chi connectivity index (χ4n) is 1.52. The molecule has 2 heterocycles. The van der Waals surface area contributed by atoms with Crippen LogP contribution in [0.25, 0.3) is 0 Å². The Morgan fingerprint density at radius 1 is 1.42 bits per heavy atom. The van der Waals surface area contributed by atoms with E-state index in [2.05, 4.69) is 14.7 Å². The monoisotopic (exact) mass is 298 g/mol. The molecule has 6 nitrogen and oxygen atoms in total. The maximum Gasteiger partial charge on any atom is 0.242 e. The first-order chi connectivity index (χ1) is 9.03. The lowest BCUT2D eigenvalue weighted by Crippen LogP contribution is -2.28. The molecule has 0 aromatic carbocycles. The second kappa shape index (κ2) is 5.64. The summed E-state index contributed by atoms with van der Waals surface area (Å²) in [5.74, 6) is 0.283. The Kier molecular flexibility index (Phi) is 4.13. The van der Waals surface area contributed by atoms with Gasteiger partial charge >= 0.3 is 0 Å². The van der Waals surface area contributed by atoms with Gasteiger partial charge in [-0.2, -0.15) is 0 Å². The minimum absolute atomic E-state index is 0.0942. The standard InChI is InChI=1S/C11H14N4O2S2/c1-2-9(11-13-5-6-18-11)15-19(16,17)8-3-4-10(12)14-7-8/h3-7,9,15H,2H2,1H3,(H2,12,14). The Morgan fingerprint density at radius 2 is 2.21 bits per heavy atom. The molecule has 0 saturated carbocycles. The van der Waals surface area contributed by atoms with E-state index in [0.29, 0.717) is 6.42 Å². The summed E-state index contributed by atoms with van der Waals surface area (Å²) in [6.45, 7) is 1.90. The molecule has 2 aromatic heterocycles. The van der Waals surface area contributed by atoms with Crippen LogP contribution in [0.2, 0.25) is 0 Å². The Hall–Kier alpha value is -1.51. The van der Waals surface area contributed by atoms with E-state index in [1.807, 2.05) is 12.3 Å². The topological polar surface area (TPSA) is 98.0 Å². The predicted molar refractivity (Wildman–Crippen MR) is 74.1 cm³/mol. The Labute approximate surface area is 115 Å². The smallest absolute Gasteiger partial charge is 0.242 e. The lowest BCUT2D eigenvalue weighted by molar-refractivity contribution is 0.548. The summed E-state index contributed by atoms with van der Waals surface area (Å²) >= 11 is 1.42. The molecule has 0 aliphatic carbocycles. The van der Waals surface area contributed by atoms with Crippen molar-refractivity contribution in [2.45, 2.75) is 24.3 Å². The van der Waals surface area contributed by atoms with E-state index < -0.39 is 10.0 Å². The van der Waals surface area contributed by atoms with Crippen LogP contribution in [0, 0.1) is 0 Å².